The molecule has 0 spiro atoms. The molecular formula is C15H20N2OS2. The van der Waals surface area contributed by atoms with E-state index in [4.69, 9.17) is 0 Å². The monoisotopic (exact) mass is 308 g/mol. The Morgan fingerprint density at radius 3 is 2.90 bits per heavy atom. The summed E-state index contributed by atoms with van der Waals surface area (Å²) in [5, 5.41) is 5.47. The predicted octanol–water partition coefficient (Wildman–Crippen LogP) is 3.42. The lowest BCUT2D eigenvalue weighted by Crippen LogP contribution is -2.39. The van der Waals surface area contributed by atoms with Crippen molar-refractivity contribution < 1.29 is 4.79 Å². The highest BCUT2D eigenvalue weighted by Gasteiger charge is 2.22. The molecule has 1 N–H and O–H groups in total. The minimum absolute atomic E-state index is 0.208. The van der Waals surface area contributed by atoms with Crippen LogP contribution in [0, 0.1) is 5.92 Å². The van der Waals surface area contributed by atoms with Crippen molar-refractivity contribution in [2.75, 3.05) is 26.2 Å². The van der Waals surface area contributed by atoms with Gasteiger partial charge in [-0.3, -0.25) is 4.79 Å². The minimum atomic E-state index is 0.208. The van der Waals surface area contributed by atoms with Gasteiger partial charge in [-0.25, -0.2) is 0 Å². The van der Waals surface area contributed by atoms with Gasteiger partial charge in [0.25, 0.3) is 5.91 Å². The molecule has 1 saturated heterocycles. The van der Waals surface area contributed by atoms with Crippen LogP contribution in [0.15, 0.2) is 17.5 Å². The topological polar surface area (TPSA) is 32.3 Å². The second kappa shape index (κ2) is 6.24. The van der Waals surface area contributed by atoms with E-state index in [0.29, 0.717) is 5.92 Å². The minimum Gasteiger partial charge on any atom is -0.338 e. The van der Waals surface area contributed by atoms with E-state index in [1.165, 1.54) is 22.2 Å². The summed E-state index contributed by atoms with van der Waals surface area (Å²) in [6.07, 6.45) is 2.37. The molecule has 0 atom stereocenters. The third kappa shape index (κ3) is 2.90. The highest BCUT2D eigenvalue weighted by molar-refractivity contribution is 7.27. The van der Waals surface area contributed by atoms with Gasteiger partial charge in [0, 0.05) is 22.5 Å². The summed E-state index contributed by atoms with van der Waals surface area (Å²) in [5.41, 5.74) is 0. The first-order valence-electron chi connectivity index (χ1n) is 7.25. The SMILES string of the molecule is CCN(CC1CCNCC1)C(=O)c1cc2sccc2s1. The summed E-state index contributed by atoms with van der Waals surface area (Å²) in [5.74, 6) is 0.862. The molecule has 3 heterocycles. The summed E-state index contributed by atoms with van der Waals surface area (Å²) in [6, 6.07) is 4.16. The standard InChI is InChI=1S/C15H20N2OS2/c1-2-17(10-11-3-6-16-7-4-11)15(18)14-9-13-12(20-14)5-8-19-13/h5,8-9,11,16H,2-4,6-7,10H2,1H3. The number of rotatable bonds is 4. The van der Waals surface area contributed by atoms with Crippen molar-refractivity contribution in [3.05, 3.63) is 22.4 Å². The zero-order valence-corrected chi connectivity index (χ0v) is 13.4. The van der Waals surface area contributed by atoms with Crippen LogP contribution in [-0.2, 0) is 0 Å². The zero-order valence-electron chi connectivity index (χ0n) is 11.7. The lowest BCUT2D eigenvalue weighted by atomic mass is 9.97. The Morgan fingerprint density at radius 1 is 1.40 bits per heavy atom. The van der Waals surface area contributed by atoms with E-state index in [9.17, 15) is 4.79 Å². The van der Waals surface area contributed by atoms with Crippen LogP contribution >= 0.6 is 22.7 Å². The quantitative estimate of drug-likeness (QED) is 0.938. The number of carbonyl (C=O) groups excluding carboxylic acids is 1. The number of nitrogens with zero attached hydrogens (tertiary/aromatic N) is 1. The molecule has 0 saturated carbocycles. The maximum Gasteiger partial charge on any atom is 0.263 e. The van der Waals surface area contributed by atoms with Crippen molar-refractivity contribution >= 4 is 38.0 Å². The first-order valence-corrected chi connectivity index (χ1v) is 8.94. The van der Waals surface area contributed by atoms with Crippen LogP contribution < -0.4 is 5.32 Å². The molecule has 3 rings (SSSR count). The molecule has 0 unspecified atom stereocenters. The summed E-state index contributed by atoms with van der Waals surface area (Å²) >= 11 is 3.34. The van der Waals surface area contributed by atoms with Crippen LogP contribution in [-0.4, -0.2) is 37.0 Å². The van der Waals surface area contributed by atoms with Crippen LogP contribution in [0.25, 0.3) is 9.40 Å². The molecule has 20 heavy (non-hydrogen) atoms. The maximum atomic E-state index is 12.6. The summed E-state index contributed by atoms with van der Waals surface area (Å²) in [7, 11) is 0. The van der Waals surface area contributed by atoms with Gasteiger partial charge in [0.2, 0.25) is 0 Å². The smallest absolute Gasteiger partial charge is 0.263 e. The number of amides is 1. The Balaban J connectivity index is 1.71. The van der Waals surface area contributed by atoms with Crippen LogP contribution in [0.2, 0.25) is 0 Å². The molecule has 0 aliphatic carbocycles. The Kier molecular flexibility index (Phi) is 4.38. The summed E-state index contributed by atoms with van der Waals surface area (Å²) < 4.78 is 2.47. The van der Waals surface area contributed by atoms with E-state index in [0.717, 1.165) is 31.1 Å². The van der Waals surface area contributed by atoms with Crippen molar-refractivity contribution in [3.63, 3.8) is 0 Å². The van der Waals surface area contributed by atoms with E-state index in [2.05, 4.69) is 29.8 Å². The third-order valence-corrected chi connectivity index (χ3v) is 6.04. The molecule has 2 aromatic heterocycles. The Bertz CT molecular complexity index is 555. The lowest BCUT2D eigenvalue weighted by Gasteiger charge is -2.29. The number of carbonyl (C=O) groups is 1. The van der Waals surface area contributed by atoms with Crippen molar-refractivity contribution in [1.82, 2.24) is 10.2 Å². The fourth-order valence-corrected chi connectivity index (χ4v) is 4.84. The molecule has 0 bridgehead atoms. The van der Waals surface area contributed by atoms with Crippen LogP contribution in [0.5, 0.6) is 0 Å². The van der Waals surface area contributed by atoms with E-state index in [1.807, 2.05) is 4.90 Å². The molecule has 1 amide bonds. The second-order valence-electron chi connectivity index (χ2n) is 5.30. The number of fused-ring (bicyclic) bond motifs is 1. The first kappa shape index (κ1) is 14.0. The molecule has 1 aliphatic heterocycles. The maximum absolute atomic E-state index is 12.6. The van der Waals surface area contributed by atoms with Crippen LogP contribution in [0.1, 0.15) is 29.4 Å². The molecule has 0 radical (unpaired) electrons. The van der Waals surface area contributed by atoms with Gasteiger partial charge in [0.1, 0.15) is 0 Å². The summed E-state index contributed by atoms with van der Waals surface area (Å²) in [4.78, 5) is 15.6. The molecule has 1 aliphatic rings. The average Bonchev–Trinajstić information content (AvgIpc) is 3.06. The van der Waals surface area contributed by atoms with Gasteiger partial charge in [-0.2, -0.15) is 0 Å². The van der Waals surface area contributed by atoms with Crippen LogP contribution in [0.3, 0.4) is 0 Å². The predicted molar refractivity (Wildman–Crippen MR) is 86.9 cm³/mol. The van der Waals surface area contributed by atoms with E-state index in [-0.39, 0.29) is 5.91 Å². The van der Waals surface area contributed by atoms with Crippen LogP contribution in [0.4, 0.5) is 0 Å². The van der Waals surface area contributed by atoms with Gasteiger partial charge < -0.3 is 10.2 Å². The Morgan fingerprint density at radius 2 is 2.20 bits per heavy atom. The lowest BCUT2D eigenvalue weighted by molar-refractivity contribution is 0.0732. The Labute approximate surface area is 127 Å². The normalized spacial score (nSPS) is 16.6. The fourth-order valence-electron chi connectivity index (χ4n) is 2.76. The van der Waals surface area contributed by atoms with Crippen molar-refractivity contribution in [2.45, 2.75) is 19.8 Å². The summed E-state index contributed by atoms with van der Waals surface area (Å²) in [6.45, 7) is 5.96. The van der Waals surface area contributed by atoms with Gasteiger partial charge in [-0.1, -0.05) is 0 Å². The second-order valence-corrected chi connectivity index (χ2v) is 7.33. The molecule has 5 heteroatoms. The van der Waals surface area contributed by atoms with E-state index < -0.39 is 0 Å². The largest absolute Gasteiger partial charge is 0.338 e. The number of nitrogens with one attached hydrogen (secondary N) is 1. The number of hydrogen-bond acceptors (Lipinski definition) is 4. The third-order valence-electron chi connectivity index (χ3n) is 3.96. The molecule has 0 aromatic carbocycles. The molecule has 1 fully saturated rings. The fraction of sp³-hybridized carbons (Fsp3) is 0.533. The van der Waals surface area contributed by atoms with Gasteiger partial charge in [0.05, 0.1) is 4.88 Å². The van der Waals surface area contributed by atoms with Gasteiger partial charge in [-0.15, -0.1) is 22.7 Å². The Hall–Kier alpha value is -0.910. The zero-order chi connectivity index (χ0) is 13.9. The van der Waals surface area contributed by atoms with Gasteiger partial charge in [-0.05, 0) is 56.3 Å². The van der Waals surface area contributed by atoms with Crippen molar-refractivity contribution in [1.29, 1.82) is 0 Å². The van der Waals surface area contributed by atoms with Gasteiger partial charge in [0.15, 0.2) is 0 Å². The van der Waals surface area contributed by atoms with E-state index in [1.54, 1.807) is 22.7 Å². The van der Waals surface area contributed by atoms with Gasteiger partial charge >= 0.3 is 0 Å². The molecule has 108 valence electrons. The van der Waals surface area contributed by atoms with E-state index >= 15 is 0 Å². The number of piperidine rings is 1. The number of hydrogen-bond donors (Lipinski definition) is 1. The molecule has 2 aromatic rings. The van der Waals surface area contributed by atoms with Crippen molar-refractivity contribution in [2.24, 2.45) is 5.92 Å². The number of thiophene rings is 2. The molecule has 3 nitrogen and oxygen atoms in total. The highest BCUT2D eigenvalue weighted by Crippen LogP contribution is 2.31. The average molecular weight is 308 g/mol. The molecular weight excluding hydrogens is 288 g/mol. The van der Waals surface area contributed by atoms with Crippen molar-refractivity contribution in [3.8, 4) is 0 Å². The highest BCUT2D eigenvalue weighted by atomic mass is 32.1. The first-order chi connectivity index (χ1) is 9.78.